The number of hydrogen-bond donors (Lipinski definition) is 2. The second-order valence-electron chi connectivity index (χ2n) is 3.18. The molecule has 76 valence electrons. The molecule has 1 aliphatic rings. The fraction of sp³-hybridized carbons (Fsp3) is 0.429. The maximum atomic E-state index is 11.3. The first-order valence-electron chi connectivity index (χ1n) is 3.99. The number of carbonyl (C=O) groups is 1. The minimum atomic E-state index is -3.15. The number of aromatic carboxylic acids is 1. The summed E-state index contributed by atoms with van der Waals surface area (Å²) in [4.78, 5) is 10.7. The van der Waals surface area contributed by atoms with Crippen molar-refractivity contribution >= 4 is 15.8 Å². The van der Waals surface area contributed by atoms with Gasteiger partial charge in [0.05, 0.1) is 11.5 Å². The smallest absolute Gasteiger partial charge is 0.356 e. The number of carboxylic acid groups (broad SMARTS) is 1. The van der Waals surface area contributed by atoms with E-state index in [-0.39, 0.29) is 17.2 Å². The van der Waals surface area contributed by atoms with E-state index in [0.717, 1.165) is 0 Å². The third kappa shape index (κ3) is 1.39. The Morgan fingerprint density at radius 3 is 2.86 bits per heavy atom. The normalized spacial score (nSPS) is 18.9. The zero-order valence-electron chi connectivity index (χ0n) is 7.15. The van der Waals surface area contributed by atoms with E-state index in [2.05, 4.69) is 10.2 Å². The molecule has 2 rings (SSSR count). The van der Waals surface area contributed by atoms with Crippen LogP contribution in [0.3, 0.4) is 0 Å². The summed E-state index contributed by atoms with van der Waals surface area (Å²) in [6.45, 7) is 0. The molecule has 1 aliphatic heterocycles. The molecule has 6 nitrogen and oxygen atoms in total. The maximum Gasteiger partial charge on any atom is 0.356 e. The Morgan fingerprint density at radius 2 is 2.21 bits per heavy atom. The van der Waals surface area contributed by atoms with Crippen molar-refractivity contribution < 1.29 is 18.3 Å². The van der Waals surface area contributed by atoms with Crippen molar-refractivity contribution in [1.29, 1.82) is 0 Å². The molecular weight excluding hydrogens is 208 g/mol. The largest absolute Gasteiger partial charge is 0.476 e. The van der Waals surface area contributed by atoms with Crippen molar-refractivity contribution in [2.24, 2.45) is 0 Å². The van der Waals surface area contributed by atoms with Crippen LogP contribution in [0.1, 0.15) is 21.7 Å². The van der Waals surface area contributed by atoms with Crippen LogP contribution in [0.15, 0.2) is 0 Å². The minimum absolute atomic E-state index is 0.0568. The Hall–Kier alpha value is -1.37. The van der Waals surface area contributed by atoms with Gasteiger partial charge in [-0.1, -0.05) is 0 Å². The highest BCUT2D eigenvalue weighted by Gasteiger charge is 2.28. The quantitative estimate of drug-likeness (QED) is 0.664. The van der Waals surface area contributed by atoms with Gasteiger partial charge in [-0.25, -0.2) is 13.2 Å². The van der Waals surface area contributed by atoms with Crippen molar-refractivity contribution in [3.63, 3.8) is 0 Å². The van der Waals surface area contributed by atoms with Gasteiger partial charge in [-0.2, -0.15) is 5.10 Å². The Balaban J connectivity index is 2.53. The van der Waals surface area contributed by atoms with Gasteiger partial charge in [-0.05, 0) is 0 Å². The molecule has 2 heterocycles. The van der Waals surface area contributed by atoms with E-state index in [9.17, 15) is 13.2 Å². The number of rotatable bonds is 1. The van der Waals surface area contributed by atoms with Crippen molar-refractivity contribution in [2.75, 3.05) is 5.75 Å². The number of nitrogens with zero attached hydrogens (tertiary/aromatic N) is 1. The highest BCUT2D eigenvalue weighted by molar-refractivity contribution is 7.90. The van der Waals surface area contributed by atoms with E-state index in [1.165, 1.54) is 0 Å². The summed E-state index contributed by atoms with van der Waals surface area (Å²) in [5.74, 6) is -1.36. The van der Waals surface area contributed by atoms with Gasteiger partial charge in [-0.3, -0.25) is 5.10 Å². The molecule has 14 heavy (non-hydrogen) atoms. The summed E-state index contributed by atoms with van der Waals surface area (Å²) in [6.07, 6.45) is 0.317. The van der Waals surface area contributed by atoms with Gasteiger partial charge >= 0.3 is 5.97 Å². The molecule has 0 radical (unpaired) electrons. The lowest BCUT2D eigenvalue weighted by molar-refractivity contribution is 0.0689. The van der Waals surface area contributed by atoms with Gasteiger partial charge in [0.25, 0.3) is 0 Å². The van der Waals surface area contributed by atoms with Gasteiger partial charge in [0.1, 0.15) is 0 Å². The number of fused-ring (bicyclic) bond motifs is 1. The number of aromatic nitrogens is 2. The van der Waals surface area contributed by atoms with Gasteiger partial charge < -0.3 is 5.11 Å². The van der Waals surface area contributed by atoms with Crippen LogP contribution in [0.2, 0.25) is 0 Å². The monoisotopic (exact) mass is 216 g/mol. The molecule has 2 N–H and O–H groups in total. The predicted molar refractivity (Wildman–Crippen MR) is 46.7 cm³/mol. The van der Waals surface area contributed by atoms with Crippen LogP contribution >= 0.6 is 0 Å². The highest BCUT2D eigenvalue weighted by atomic mass is 32.2. The topological polar surface area (TPSA) is 100 Å². The van der Waals surface area contributed by atoms with Crippen LogP contribution < -0.4 is 0 Å². The fourth-order valence-electron chi connectivity index (χ4n) is 1.49. The van der Waals surface area contributed by atoms with Crippen LogP contribution in [0.5, 0.6) is 0 Å². The highest BCUT2D eigenvalue weighted by Crippen LogP contribution is 2.21. The van der Waals surface area contributed by atoms with E-state index in [4.69, 9.17) is 5.11 Å². The minimum Gasteiger partial charge on any atom is -0.476 e. The van der Waals surface area contributed by atoms with E-state index in [1.807, 2.05) is 0 Å². The summed E-state index contributed by atoms with van der Waals surface area (Å²) in [5, 5.41) is 14.8. The lowest BCUT2D eigenvalue weighted by atomic mass is 10.1. The second kappa shape index (κ2) is 2.81. The number of nitrogens with one attached hydrogen (secondary N) is 1. The molecule has 7 heteroatoms. The van der Waals surface area contributed by atoms with Crippen LogP contribution in [0.4, 0.5) is 0 Å². The van der Waals surface area contributed by atoms with E-state index < -0.39 is 15.8 Å². The molecule has 0 aromatic carbocycles. The summed E-state index contributed by atoms with van der Waals surface area (Å²) in [7, 11) is -3.15. The molecule has 0 bridgehead atoms. The zero-order chi connectivity index (χ0) is 10.3. The number of aromatic amines is 1. The Kier molecular flexibility index (Phi) is 1.84. The molecule has 0 saturated carbocycles. The van der Waals surface area contributed by atoms with Gasteiger partial charge in [0, 0.05) is 17.7 Å². The number of carboxylic acids is 1. The standard InChI is InChI=1S/C7H8N2O4S/c10-7(11)6-4-3-14(12,13)2-1-5(4)8-9-6/h1-3H2,(H,8,9)(H,10,11). The van der Waals surface area contributed by atoms with Gasteiger partial charge in [0.15, 0.2) is 15.5 Å². The predicted octanol–water partition coefficient (Wildman–Crippen LogP) is -0.421. The number of sulfone groups is 1. The summed E-state index contributed by atoms with van der Waals surface area (Å²) < 4.78 is 22.5. The molecular formula is C7H8N2O4S. The lowest BCUT2D eigenvalue weighted by Crippen LogP contribution is -2.19. The van der Waals surface area contributed by atoms with E-state index in [1.54, 1.807) is 0 Å². The fourth-order valence-corrected chi connectivity index (χ4v) is 2.90. The number of aryl methyl sites for hydroxylation is 1. The van der Waals surface area contributed by atoms with Crippen molar-refractivity contribution in [1.82, 2.24) is 10.2 Å². The first-order valence-corrected chi connectivity index (χ1v) is 5.81. The van der Waals surface area contributed by atoms with Crippen molar-refractivity contribution in [3.05, 3.63) is 17.0 Å². The molecule has 0 spiro atoms. The van der Waals surface area contributed by atoms with Crippen LogP contribution in [-0.2, 0) is 22.0 Å². The van der Waals surface area contributed by atoms with Crippen LogP contribution in [0.25, 0.3) is 0 Å². The molecule has 1 aromatic heterocycles. The molecule has 0 unspecified atom stereocenters. The van der Waals surface area contributed by atoms with E-state index in [0.29, 0.717) is 17.7 Å². The average molecular weight is 216 g/mol. The third-order valence-corrected chi connectivity index (χ3v) is 3.74. The summed E-state index contributed by atoms with van der Waals surface area (Å²) in [6, 6.07) is 0. The van der Waals surface area contributed by atoms with Crippen LogP contribution in [0, 0.1) is 0 Å². The molecule has 0 amide bonds. The Bertz CT molecular complexity index is 488. The number of H-pyrrole nitrogens is 1. The molecule has 0 saturated heterocycles. The van der Waals surface area contributed by atoms with Gasteiger partial charge in [0.2, 0.25) is 0 Å². The Labute approximate surface area is 79.9 Å². The SMILES string of the molecule is O=C(O)c1n[nH]c2c1CS(=O)(=O)CC2. The van der Waals surface area contributed by atoms with Crippen molar-refractivity contribution in [2.45, 2.75) is 12.2 Å². The van der Waals surface area contributed by atoms with Crippen molar-refractivity contribution in [3.8, 4) is 0 Å². The van der Waals surface area contributed by atoms with Gasteiger partial charge in [-0.15, -0.1) is 0 Å². The molecule has 0 aliphatic carbocycles. The Morgan fingerprint density at radius 1 is 1.50 bits per heavy atom. The third-order valence-electron chi connectivity index (χ3n) is 2.18. The lowest BCUT2D eigenvalue weighted by Gasteiger charge is -2.10. The zero-order valence-corrected chi connectivity index (χ0v) is 7.97. The van der Waals surface area contributed by atoms with Crippen LogP contribution in [-0.4, -0.2) is 35.4 Å². The van der Waals surface area contributed by atoms with E-state index >= 15 is 0 Å². The maximum absolute atomic E-state index is 11.3. The first kappa shape index (κ1) is 9.20. The number of hydrogen-bond acceptors (Lipinski definition) is 4. The summed E-state index contributed by atoms with van der Waals surface area (Å²) >= 11 is 0. The second-order valence-corrected chi connectivity index (χ2v) is 5.36. The molecule has 1 aromatic rings. The first-order chi connectivity index (χ1) is 6.49. The summed E-state index contributed by atoms with van der Waals surface area (Å²) in [5.41, 5.74) is 0.754. The molecule has 0 atom stereocenters. The molecule has 0 fully saturated rings. The average Bonchev–Trinajstić information content (AvgIpc) is 2.44.